The van der Waals surface area contributed by atoms with Crippen LogP contribution in [0, 0.1) is 10.1 Å². The number of carbonyl (C=O) groups excluding carboxylic acids is 1. The number of nitrogens with one attached hydrogen (secondary N) is 1. The molecule has 0 aliphatic carbocycles. The number of urea groups is 1. The van der Waals surface area contributed by atoms with Gasteiger partial charge in [0.2, 0.25) is 0 Å². The van der Waals surface area contributed by atoms with Gasteiger partial charge in [-0.3, -0.25) is 10.1 Å². The number of nitro groups is 1. The van der Waals surface area contributed by atoms with Crippen molar-refractivity contribution < 1.29 is 9.72 Å². The van der Waals surface area contributed by atoms with E-state index in [0.29, 0.717) is 31.7 Å². The minimum absolute atomic E-state index is 0.0111. The summed E-state index contributed by atoms with van der Waals surface area (Å²) < 4.78 is 0. The molecule has 2 heterocycles. The molecule has 3 rings (SSSR count). The topological polar surface area (TPSA) is 104 Å². The summed E-state index contributed by atoms with van der Waals surface area (Å²) in [6, 6.07) is 11.4. The predicted molar refractivity (Wildman–Crippen MR) is 97.2 cm³/mol. The van der Waals surface area contributed by atoms with E-state index in [-0.39, 0.29) is 11.7 Å². The average molecular weight is 354 g/mol. The molecule has 0 radical (unpaired) electrons. The Bertz CT molecular complexity index is 786. The van der Waals surface area contributed by atoms with Gasteiger partial charge in [0.25, 0.3) is 5.69 Å². The minimum Gasteiger partial charge on any atom is -0.353 e. The summed E-state index contributed by atoms with van der Waals surface area (Å²) in [5.41, 5.74) is 3.16. The van der Waals surface area contributed by atoms with E-state index in [2.05, 4.69) is 20.4 Å². The van der Waals surface area contributed by atoms with Gasteiger partial charge in [-0.2, -0.15) is 5.10 Å². The summed E-state index contributed by atoms with van der Waals surface area (Å²) in [5, 5.41) is 14.5. The van der Waals surface area contributed by atoms with Crippen LogP contribution in [0.1, 0.15) is 5.56 Å². The number of non-ortho nitro benzene ring substituents is 1. The lowest BCUT2D eigenvalue weighted by Crippen LogP contribution is -2.51. The van der Waals surface area contributed by atoms with Crippen LogP contribution in [0.5, 0.6) is 0 Å². The van der Waals surface area contributed by atoms with Crippen LogP contribution < -0.4 is 10.3 Å². The van der Waals surface area contributed by atoms with Crippen LogP contribution in [0.4, 0.5) is 16.3 Å². The van der Waals surface area contributed by atoms with E-state index in [9.17, 15) is 14.9 Å². The monoisotopic (exact) mass is 354 g/mol. The third-order valence-corrected chi connectivity index (χ3v) is 4.02. The lowest BCUT2D eigenvalue weighted by atomic mass is 10.2. The van der Waals surface area contributed by atoms with Crippen molar-refractivity contribution in [3.05, 3.63) is 64.3 Å². The maximum atomic E-state index is 12.2. The Hall–Kier alpha value is -3.49. The van der Waals surface area contributed by atoms with Crippen LogP contribution in [-0.4, -0.2) is 53.2 Å². The first-order valence-corrected chi connectivity index (χ1v) is 8.12. The highest BCUT2D eigenvalue weighted by Gasteiger charge is 2.21. The Morgan fingerprint density at radius 3 is 2.50 bits per heavy atom. The molecule has 1 N–H and O–H groups in total. The number of pyridine rings is 1. The number of anilines is 1. The fourth-order valence-corrected chi connectivity index (χ4v) is 2.59. The second kappa shape index (κ2) is 8.06. The summed E-state index contributed by atoms with van der Waals surface area (Å²) in [7, 11) is 0. The van der Waals surface area contributed by atoms with Crippen molar-refractivity contribution in [2.45, 2.75) is 0 Å². The molecular formula is C17H18N6O3. The minimum atomic E-state index is -0.465. The molecule has 0 bridgehead atoms. The molecule has 26 heavy (non-hydrogen) atoms. The lowest BCUT2D eigenvalue weighted by Gasteiger charge is -2.34. The van der Waals surface area contributed by atoms with Crippen LogP contribution in [-0.2, 0) is 0 Å². The smallest absolute Gasteiger partial charge is 0.337 e. The number of piperazine rings is 1. The van der Waals surface area contributed by atoms with E-state index in [1.807, 2.05) is 18.2 Å². The van der Waals surface area contributed by atoms with Gasteiger partial charge in [-0.05, 0) is 29.8 Å². The summed E-state index contributed by atoms with van der Waals surface area (Å²) in [4.78, 5) is 30.4. The molecule has 1 aliphatic rings. The fourth-order valence-electron chi connectivity index (χ4n) is 2.59. The maximum absolute atomic E-state index is 12.2. The number of hydrogen-bond donors (Lipinski definition) is 1. The molecule has 0 atom stereocenters. The Balaban J connectivity index is 1.47. The van der Waals surface area contributed by atoms with Gasteiger partial charge in [-0.1, -0.05) is 6.07 Å². The van der Waals surface area contributed by atoms with Gasteiger partial charge in [-0.15, -0.1) is 0 Å². The summed E-state index contributed by atoms with van der Waals surface area (Å²) in [6.07, 6.45) is 3.20. The number of aromatic nitrogens is 1. The summed E-state index contributed by atoms with van der Waals surface area (Å²) in [6.45, 7) is 2.57. The standard InChI is InChI=1S/C17H18N6O3/c24-17(20-19-13-14-4-6-15(7-5-14)23(25)26)22-11-9-21(10-12-22)16-3-1-2-8-18-16/h1-8,13H,9-12H2,(H,20,24)/b19-13+. The molecule has 1 fully saturated rings. The quantitative estimate of drug-likeness (QED) is 0.513. The third kappa shape index (κ3) is 4.32. The van der Waals surface area contributed by atoms with Crippen molar-refractivity contribution >= 4 is 23.8 Å². The van der Waals surface area contributed by atoms with Gasteiger partial charge >= 0.3 is 6.03 Å². The van der Waals surface area contributed by atoms with Crippen LogP contribution in [0.15, 0.2) is 53.8 Å². The maximum Gasteiger partial charge on any atom is 0.337 e. The molecule has 0 saturated carbocycles. The van der Waals surface area contributed by atoms with Crippen molar-refractivity contribution in [3.63, 3.8) is 0 Å². The fraction of sp³-hybridized carbons (Fsp3) is 0.235. The molecular weight excluding hydrogens is 336 g/mol. The highest BCUT2D eigenvalue weighted by molar-refractivity contribution is 5.82. The second-order valence-corrected chi connectivity index (χ2v) is 5.69. The average Bonchev–Trinajstić information content (AvgIpc) is 2.69. The van der Waals surface area contributed by atoms with E-state index in [1.54, 1.807) is 23.2 Å². The van der Waals surface area contributed by atoms with Crippen LogP contribution in [0.25, 0.3) is 0 Å². The number of carbonyl (C=O) groups is 1. The van der Waals surface area contributed by atoms with E-state index in [4.69, 9.17) is 0 Å². The zero-order chi connectivity index (χ0) is 18.4. The molecule has 2 aromatic rings. The molecule has 1 aliphatic heterocycles. The number of nitrogens with zero attached hydrogens (tertiary/aromatic N) is 5. The Morgan fingerprint density at radius 2 is 1.88 bits per heavy atom. The first-order chi connectivity index (χ1) is 12.6. The number of amides is 2. The van der Waals surface area contributed by atoms with Crippen molar-refractivity contribution in [3.8, 4) is 0 Å². The van der Waals surface area contributed by atoms with Gasteiger partial charge in [0.15, 0.2) is 0 Å². The largest absolute Gasteiger partial charge is 0.353 e. The number of hydrogen-bond acceptors (Lipinski definition) is 6. The van der Waals surface area contributed by atoms with Gasteiger partial charge < -0.3 is 9.80 Å². The number of nitro benzene ring substituents is 1. The molecule has 134 valence electrons. The molecule has 0 unspecified atom stereocenters. The van der Waals surface area contributed by atoms with Gasteiger partial charge in [0, 0.05) is 44.5 Å². The van der Waals surface area contributed by atoms with Crippen molar-refractivity contribution in [1.29, 1.82) is 0 Å². The van der Waals surface area contributed by atoms with Crippen molar-refractivity contribution in [1.82, 2.24) is 15.3 Å². The number of rotatable bonds is 4. The molecule has 9 heteroatoms. The molecule has 0 spiro atoms. The summed E-state index contributed by atoms with van der Waals surface area (Å²) in [5.74, 6) is 0.906. The second-order valence-electron chi connectivity index (χ2n) is 5.69. The molecule has 2 amide bonds. The van der Waals surface area contributed by atoms with Crippen LogP contribution in [0.2, 0.25) is 0 Å². The SMILES string of the molecule is O=C(N/N=C/c1ccc([N+](=O)[O-])cc1)N1CCN(c2ccccn2)CC1. The van der Waals surface area contributed by atoms with Crippen molar-refractivity contribution in [2.24, 2.45) is 5.10 Å². The Morgan fingerprint density at radius 1 is 1.15 bits per heavy atom. The van der Waals surface area contributed by atoms with Gasteiger partial charge in [0.1, 0.15) is 5.82 Å². The zero-order valence-corrected chi connectivity index (χ0v) is 14.0. The van der Waals surface area contributed by atoms with Gasteiger partial charge in [0.05, 0.1) is 11.1 Å². The highest BCUT2D eigenvalue weighted by atomic mass is 16.6. The first kappa shape index (κ1) is 17.3. The highest BCUT2D eigenvalue weighted by Crippen LogP contribution is 2.12. The third-order valence-electron chi connectivity index (χ3n) is 4.02. The molecule has 1 saturated heterocycles. The molecule has 1 aromatic heterocycles. The molecule has 1 aromatic carbocycles. The number of benzene rings is 1. The lowest BCUT2D eigenvalue weighted by molar-refractivity contribution is -0.384. The van der Waals surface area contributed by atoms with Crippen LogP contribution in [0.3, 0.4) is 0 Å². The van der Waals surface area contributed by atoms with Gasteiger partial charge in [-0.25, -0.2) is 15.2 Å². The van der Waals surface area contributed by atoms with Crippen LogP contribution >= 0.6 is 0 Å². The molecule has 9 nitrogen and oxygen atoms in total. The van der Waals surface area contributed by atoms with E-state index in [1.165, 1.54) is 18.3 Å². The number of hydrazone groups is 1. The predicted octanol–water partition coefficient (Wildman–Crippen LogP) is 1.86. The van der Waals surface area contributed by atoms with E-state index in [0.717, 1.165) is 5.82 Å². The Kier molecular flexibility index (Phi) is 5.37. The first-order valence-electron chi connectivity index (χ1n) is 8.12. The zero-order valence-electron chi connectivity index (χ0n) is 14.0. The van der Waals surface area contributed by atoms with E-state index < -0.39 is 4.92 Å². The van der Waals surface area contributed by atoms with Crippen molar-refractivity contribution in [2.75, 3.05) is 31.1 Å². The summed E-state index contributed by atoms with van der Waals surface area (Å²) >= 11 is 0. The van der Waals surface area contributed by atoms with E-state index >= 15 is 0 Å². The normalized spacial score (nSPS) is 14.5. The Labute approximate surface area is 150 Å².